The topological polar surface area (TPSA) is 58.2 Å². The van der Waals surface area contributed by atoms with Crippen molar-refractivity contribution in [3.63, 3.8) is 0 Å². The molecule has 3 aromatic rings. The van der Waals surface area contributed by atoms with Crippen molar-refractivity contribution in [2.45, 2.75) is 26.5 Å². The second kappa shape index (κ2) is 7.04. The van der Waals surface area contributed by atoms with Crippen molar-refractivity contribution in [1.82, 2.24) is 15.1 Å². The fourth-order valence-electron chi connectivity index (χ4n) is 3.25. The van der Waals surface area contributed by atoms with E-state index in [2.05, 4.69) is 10.2 Å². The number of hydrogen-bond acceptors (Lipinski definition) is 3. The maximum Gasteiger partial charge on any atom is 0.219 e. The minimum atomic E-state index is 0.104. The average Bonchev–Trinajstić information content (AvgIpc) is 3.11. The summed E-state index contributed by atoms with van der Waals surface area (Å²) in [5.41, 5.74) is 5.33. The molecule has 0 radical (unpaired) electrons. The number of nitrogens with zero attached hydrogens (tertiary/aromatic N) is 2. The number of aromatic amines is 1. The Morgan fingerprint density at radius 1 is 1.15 bits per heavy atom. The first kappa shape index (κ1) is 16.4. The van der Waals surface area contributed by atoms with E-state index in [1.165, 1.54) is 0 Å². The molecule has 1 aliphatic heterocycles. The molecule has 0 saturated heterocycles. The van der Waals surface area contributed by atoms with Crippen LogP contribution in [0, 0.1) is 0 Å². The molecule has 1 aliphatic rings. The average molecular weight is 347 g/mol. The molecule has 0 atom stereocenters. The van der Waals surface area contributed by atoms with Crippen molar-refractivity contribution in [2.24, 2.45) is 0 Å². The zero-order chi connectivity index (χ0) is 17.9. The van der Waals surface area contributed by atoms with Crippen molar-refractivity contribution in [1.29, 1.82) is 0 Å². The lowest BCUT2D eigenvalue weighted by Crippen LogP contribution is -2.34. The van der Waals surface area contributed by atoms with Gasteiger partial charge in [-0.15, -0.1) is 0 Å². The van der Waals surface area contributed by atoms with Gasteiger partial charge in [0, 0.05) is 43.3 Å². The molecule has 0 aliphatic carbocycles. The molecule has 5 heteroatoms. The summed E-state index contributed by atoms with van der Waals surface area (Å²) in [6, 6.07) is 18.1. The Morgan fingerprint density at radius 3 is 2.65 bits per heavy atom. The summed E-state index contributed by atoms with van der Waals surface area (Å²) in [4.78, 5) is 13.6. The fourth-order valence-corrected chi connectivity index (χ4v) is 3.25. The SMILES string of the molecule is CC(=O)N1CCc2[nH]nc(-c3ccc(OCc4ccccc4)cc3)c2C1. The van der Waals surface area contributed by atoms with E-state index in [4.69, 9.17) is 4.74 Å². The van der Waals surface area contributed by atoms with Crippen LogP contribution in [-0.4, -0.2) is 27.5 Å². The molecule has 26 heavy (non-hydrogen) atoms. The van der Waals surface area contributed by atoms with Gasteiger partial charge in [-0.3, -0.25) is 9.89 Å². The first-order valence-electron chi connectivity index (χ1n) is 8.79. The number of ether oxygens (including phenoxy) is 1. The molecule has 2 aromatic carbocycles. The number of amides is 1. The van der Waals surface area contributed by atoms with Crippen LogP contribution >= 0.6 is 0 Å². The van der Waals surface area contributed by atoms with E-state index in [-0.39, 0.29) is 5.91 Å². The molecular formula is C21H21N3O2. The molecule has 1 aromatic heterocycles. The van der Waals surface area contributed by atoms with Crippen molar-refractivity contribution >= 4 is 5.91 Å². The third-order valence-corrected chi connectivity index (χ3v) is 4.75. The smallest absolute Gasteiger partial charge is 0.219 e. The van der Waals surface area contributed by atoms with E-state index in [0.29, 0.717) is 13.2 Å². The van der Waals surface area contributed by atoms with Crippen LogP contribution in [0.15, 0.2) is 54.6 Å². The van der Waals surface area contributed by atoms with Gasteiger partial charge in [0.25, 0.3) is 0 Å². The highest BCUT2D eigenvalue weighted by atomic mass is 16.5. The number of rotatable bonds is 4. The van der Waals surface area contributed by atoms with Gasteiger partial charge < -0.3 is 9.64 Å². The van der Waals surface area contributed by atoms with E-state index in [1.807, 2.05) is 59.5 Å². The maximum atomic E-state index is 11.7. The molecule has 1 amide bonds. The van der Waals surface area contributed by atoms with E-state index in [9.17, 15) is 4.79 Å². The number of aromatic nitrogens is 2. The molecule has 0 fully saturated rings. The highest BCUT2D eigenvalue weighted by molar-refractivity contribution is 5.74. The van der Waals surface area contributed by atoms with Crippen LogP contribution in [0.2, 0.25) is 0 Å². The van der Waals surface area contributed by atoms with E-state index >= 15 is 0 Å². The number of nitrogens with one attached hydrogen (secondary N) is 1. The summed E-state index contributed by atoms with van der Waals surface area (Å²) in [6.07, 6.45) is 0.820. The quantitative estimate of drug-likeness (QED) is 0.785. The van der Waals surface area contributed by atoms with Crippen molar-refractivity contribution < 1.29 is 9.53 Å². The van der Waals surface area contributed by atoms with Gasteiger partial charge in [-0.05, 0) is 29.8 Å². The van der Waals surface area contributed by atoms with Gasteiger partial charge in [-0.25, -0.2) is 0 Å². The number of carbonyl (C=O) groups excluding carboxylic acids is 1. The highest BCUT2D eigenvalue weighted by Crippen LogP contribution is 2.29. The van der Waals surface area contributed by atoms with Crippen LogP contribution in [0.5, 0.6) is 5.75 Å². The maximum absolute atomic E-state index is 11.7. The van der Waals surface area contributed by atoms with Crippen molar-refractivity contribution in [3.05, 3.63) is 71.4 Å². The van der Waals surface area contributed by atoms with Crippen LogP contribution in [0.3, 0.4) is 0 Å². The van der Waals surface area contributed by atoms with E-state index in [1.54, 1.807) is 6.92 Å². The molecule has 0 spiro atoms. The number of hydrogen-bond donors (Lipinski definition) is 1. The van der Waals surface area contributed by atoms with Crippen molar-refractivity contribution in [2.75, 3.05) is 6.54 Å². The predicted molar refractivity (Wildman–Crippen MR) is 99.6 cm³/mol. The van der Waals surface area contributed by atoms with Gasteiger partial charge in [0.15, 0.2) is 0 Å². The second-order valence-electron chi connectivity index (χ2n) is 6.52. The van der Waals surface area contributed by atoms with E-state index in [0.717, 1.165) is 46.8 Å². The molecule has 5 nitrogen and oxygen atoms in total. The van der Waals surface area contributed by atoms with Crippen LogP contribution < -0.4 is 4.74 Å². The lowest BCUT2D eigenvalue weighted by molar-refractivity contribution is -0.129. The molecule has 0 unspecified atom stereocenters. The minimum Gasteiger partial charge on any atom is -0.489 e. The summed E-state index contributed by atoms with van der Waals surface area (Å²) in [5.74, 6) is 0.930. The standard InChI is InChI=1S/C21H21N3O2/c1-15(25)24-12-11-20-19(13-24)21(23-22-20)17-7-9-18(10-8-17)26-14-16-5-3-2-4-6-16/h2-10H,11-14H2,1H3,(H,22,23). The van der Waals surface area contributed by atoms with E-state index < -0.39 is 0 Å². The Kier molecular flexibility index (Phi) is 4.44. The second-order valence-corrected chi connectivity index (χ2v) is 6.52. The van der Waals surface area contributed by atoms with Gasteiger partial charge in [-0.1, -0.05) is 30.3 Å². The Hall–Kier alpha value is -3.08. The van der Waals surface area contributed by atoms with Gasteiger partial charge >= 0.3 is 0 Å². The molecular weight excluding hydrogens is 326 g/mol. The lowest BCUT2D eigenvalue weighted by Gasteiger charge is -2.25. The molecule has 0 saturated carbocycles. The van der Waals surface area contributed by atoms with Crippen LogP contribution in [0.4, 0.5) is 0 Å². The Bertz CT molecular complexity index is 901. The lowest BCUT2D eigenvalue weighted by atomic mass is 10.0. The van der Waals surface area contributed by atoms with Crippen LogP contribution in [0.25, 0.3) is 11.3 Å². The first-order valence-corrected chi connectivity index (χ1v) is 8.79. The largest absolute Gasteiger partial charge is 0.489 e. The third kappa shape index (κ3) is 3.33. The normalized spacial score (nSPS) is 13.3. The zero-order valence-electron chi connectivity index (χ0n) is 14.7. The Balaban J connectivity index is 1.49. The minimum absolute atomic E-state index is 0.104. The zero-order valence-corrected chi connectivity index (χ0v) is 14.7. The number of fused-ring (bicyclic) bond motifs is 1. The summed E-state index contributed by atoms with van der Waals surface area (Å²) in [5, 5.41) is 7.61. The highest BCUT2D eigenvalue weighted by Gasteiger charge is 2.23. The first-order chi connectivity index (χ1) is 12.7. The van der Waals surface area contributed by atoms with Gasteiger partial charge in [0.2, 0.25) is 5.91 Å². The Labute approximate surface area is 152 Å². The fraction of sp³-hybridized carbons (Fsp3) is 0.238. The van der Waals surface area contributed by atoms with Crippen LogP contribution in [0.1, 0.15) is 23.7 Å². The van der Waals surface area contributed by atoms with Crippen LogP contribution in [-0.2, 0) is 24.4 Å². The van der Waals surface area contributed by atoms with Gasteiger partial charge in [0.1, 0.15) is 12.4 Å². The molecule has 0 bridgehead atoms. The Morgan fingerprint density at radius 2 is 1.92 bits per heavy atom. The summed E-state index contributed by atoms with van der Waals surface area (Å²) < 4.78 is 5.84. The van der Waals surface area contributed by atoms with Gasteiger partial charge in [0.05, 0.1) is 5.69 Å². The molecule has 1 N–H and O–H groups in total. The monoisotopic (exact) mass is 347 g/mol. The predicted octanol–water partition coefficient (Wildman–Crippen LogP) is 3.56. The summed E-state index contributed by atoms with van der Waals surface area (Å²) in [6.45, 7) is 3.52. The number of carbonyl (C=O) groups is 1. The summed E-state index contributed by atoms with van der Waals surface area (Å²) >= 11 is 0. The molecule has 2 heterocycles. The molecule has 132 valence electrons. The number of benzene rings is 2. The third-order valence-electron chi connectivity index (χ3n) is 4.75. The summed E-state index contributed by atoms with van der Waals surface area (Å²) in [7, 11) is 0. The van der Waals surface area contributed by atoms with Crippen molar-refractivity contribution in [3.8, 4) is 17.0 Å². The van der Waals surface area contributed by atoms with Gasteiger partial charge in [-0.2, -0.15) is 5.10 Å². The number of H-pyrrole nitrogens is 1. The molecule has 4 rings (SSSR count).